The van der Waals surface area contributed by atoms with Gasteiger partial charge in [0.25, 0.3) is 5.69 Å². The average Bonchev–Trinajstić information content (AvgIpc) is 2.47. The Morgan fingerprint density at radius 2 is 2.38 bits per heavy atom. The number of hydrogen-bond donors (Lipinski definition) is 2. The van der Waals surface area contributed by atoms with Crippen LogP contribution in [0.1, 0.15) is 0 Å². The van der Waals surface area contributed by atoms with Gasteiger partial charge in [-0.25, -0.2) is 5.06 Å². The second-order valence-corrected chi connectivity index (χ2v) is 2.69. The normalized spacial score (nSPS) is 13.8. The number of benzene rings is 1. The second kappa shape index (κ2) is 2.60. The van der Waals surface area contributed by atoms with E-state index in [0.717, 1.165) is 5.06 Å². The third-order valence-electron chi connectivity index (χ3n) is 1.89. The Balaban J connectivity index is 2.47. The highest BCUT2D eigenvalue weighted by molar-refractivity contribution is 5.75. The number of nitrogens with zero attached hydrogens (tertiary/aromatic N) is 2. The van der Waals surface area contributed by atoms with E-state index in [1.807, 2.05) is 0 Å². The molecule has 68 valence electrons. The number of fused-ring (bicyclic) bond motifs is 1. The largest absolute Gasteiger partial charge is 0.364 e. The molecule has 1 aromatic rings. The Bertz CT molecular complexity index is 366. The standard InChI is InChI=1S/C7H7N3O3/c11-9-4-8-6-2-1-5(10(12)13)3-7(6)9/h1-3,8,11H,4H2. The van der Waals surface area contributed by atoms with Crippen LogP contribution in [0.25, 0.3) is 0 Å². The lowest BCUT2D eigenvalue weighted by molar-refractivity contribution is -0.384. The predicted octanol–water partition coefficient (Wildman–Crippen LogP) is 1.17. The van der Waals surface area contributed by atoms with Crippen LogP contribution in [0.3, 0.4) is 0 Å². The van der Waals surface area contributed by atoms with Crippen LogP contribution >= 0.6 is 0 Å². The molecule has 6 heteroatoms. The lowest BCUT2D eigenvalue weighted by Gasteiger charge is -2.06. The Kier molecular flexibility index (Phi) is 1.56. The summed E-state index contributed by atoms with van der Waals surface area (Å²) in [6, 6.07) is 4.30. The van der Waals surface area contributed by atoms with Gasteiger partial charge in [-0.05, 0) is 6.07 Å². The highest BCUT2D eigenvalue weighted by Gasteiger charge is 2.19. The van der Waals surface area contributed by atoms with E-state index in [1.54, 1.807) is 6.07 Å². The van der Waals surface area contributed by atoms with Gasteiger partial charge in [0.05, 0.1) is 16.3 Å². The quantitative estimate of drug-likeness (QED) is 0.502. The Morgan fingerprint density at radius 1 is 1.62 bits per heavy atom. The third kappa shape index (κ3) is 1.17. The van der Waals surface area contributed by atoms with E-state index in [2.05, 4.69) is 5.32 Å². The van der Waals surface area contributed by atoms with E-state index in [0.29, 0.717) is 11.4 Å². The average molecular weight is 181 g/mol. The summed E-state index contributed by atoms with van der Waals surface area (Å²) in [5.41, 5.74) is 1.11. The Hall–Kier alpha value is -1.82. The minimum atomic E-state index is -0.494. The summed E-state index contributed by atoms with van der Waals surface area (Å²) in [4.78, 5) is 9.90. The van der Waals surface area contributed by atoms with E-state index in [4.69, 9.17) is 0 Å². The van der Waals surface area contributed by atoms with Gasteiger partial charge in [-0.15, -0.1) is 0 Å². The molecule has 2 N–H and O–H groups in total. The van der Waals surface area contributed by atoms with Crippen molar-refractivity contribution in [3.05, 3.63) is 28.3 Å². The van der Waals surface area contributed by atoms with E-state index in [-0.39, 0.29) is 12.4 Å². The number of anilines is 2. The molecule has 0 spiro atoms. The fraction of sp³-hybridized carbons (Fsp3) is 0.143. The summed E-state index contributed by atoms with van der Waals surface area (Å²) >= 11 is 0. The molecule has 0 unspecified atom stereocenters. The predicted molar refractivity (Wildman–Crippen MR) is 45.9 cm³/mol. The molecular formula is C7H7N3O3. The fourth-order valence-electron chi connectivity index (χ4n) is 1.24. The van der Waals surface area contributed by atoms with Gasteiger partial charge in [0.1, 0.15) is 6.67 Å². The van der Waals surface area contributed by atoms with Gasteiger partial charge in [0.2, 0.25) is 0 Å². The van der Waals surface area contributed by atoms with Crippen LogP contribution < -0.4 is 10.4 Å². The van der Waals surface area contributed by atoms with Crippen LogP contribution in [-0.2, 0) is 0 Å². The number of nitro benzene ring substituents is 1. The van der Waals surface area contributed by atoms with Crippen LogP contribution in [0.5, 0.6) is 0 Å². The van der Waals surface area contributed by atoms with Crippen molar-refractivity contribution in [3.8, 4) is 0 Å². The van der Waals surface area contributed by atoms with E-state index < -0.39 is 4.92 Å². The topological polar surface area (TPSA) is 78.6 Å². The van der Waals surface area contributed by atoms with Crippen molar-refractivity contribution in [1.82, 2.24) is 0 Å². The minimum Gasteiger partial charge on any atom is -0.364 e. The summed E-state index contributed by atoms with van der Waals surface area (Å²) < 4.78 is 0. The number of rotatable bonds is 1. The minimum absolute atomic E-state index is 0.0264. The van der Waals surface area contributed by atoms with E-state index in [1.165, 1.54) is 12.1 Å². The summed E-state index contributed by atoms with van der Waals surface area (Å²) in [6.07, 6.45) is 0. The van der Waals surface area contributed by atoms with Crippen molar-refractivity contribution in [2.75, 3.05) is 17.0 Å². The number of nitro groups is 1. The summed E-state index contributed by atoms with van der Waals surface area (Å²) in [5, 5.41) is 23.4. The zero-order chi connectivity index (χ0) is 9.42. The van der Waals surface area contributed by atoms with Crippen LogP contribution in [0.4, 0.5) is 17.1 Å². The lowest BCUT2D eigenvalue weighted by Crippen LogP contribution is -2.16. The van der Waals surface area contributed by atoms with Crippen molar-refractivity contribution >= 4 is 17.1 Å². The Morgan fingerprint density at radius 3 is 3.08 bits per heavy atom. The number of hydroxylamine groups is 1. The smallest absolute Gasteiger partial charge is 0.271 e. The van der Waals surface area contributed by atoms with Gasteiger partial charge < -0.3 is 5.32 Å². The number of non-ortho nitro benzene ring substituents is 1. The van der Waals surface area contributed by atoms with Gasteiger partial charge in [-0.3, -0.25) is 15.3 Å². The maximum atomic E-state index is 10.4. The van der Waals surface area contributed by atoms with Crippen LogP contribution in [0.15, 0.2) is 18.2 Å². The first-order valence-electron chi connectivity index (χ1n) is 3.67. The van der Waals surface area contributed by atoms with E-state index in [9.17, 15) is 15.3 Å². The summed E-state index contributed by atoms with van der Waals surface area (Å²) in [7, 11) is 0. The molecule has 13 heavy (non-hydrogen) atoms. The summed E-state index contributed by atoms with van der Waals surface area (Å²) in [6.45, 7) is 0.260. The van der Waals surface area contributed by atoms with Gasteiger partial charge >= 0.3 is 0 Å². The molecule has 6 nitrogen and oxygen atoms in total. The molecule has 0 fully saturated rings. The molecule has 0 radical (unpaired) electrons. The van der Waals surface area contributed by atoms with Gasteiger partial charge in [-0.2, -0.15) is 0 Å². The van der Waals surface area contributed by atoms with Crippen LogP contribution in [0, 0.1) is 10.1 Å². The SMILES string of the molecule is O=[N+]([O-])c1ccc2c(c1)N(O)CN2. The third-order valence-corrected chi connectivity index (χ3v) is 1.89. The number of hydrogen-bond acceptors (Lipinski definition) is 5. The molecule has 0 aromatic heterocycles. The second-order valence-electron chi connectivity index (χ2n) is 2.69. The van der Waals surface area contributed by atoms with Crippen molar-refractivity contribution in [2.45, 2.75) is 0 Å². The highest BCUT2D eigenvalue weighted by Crippen LogP contribution is 2.32. The molecular weight excluding hydrogens is 174 g/mol. The first kappa shape index (κ1) is 7.81. The highest BCUT2D eigenvalue weighted by atomic mass is 16.6. The molecule has 2 rings (SSSR count). The lowest BCUT2D eigenvalue weighted by atomic mass is 10.2. The first-order valence-corrected chi connectivity index (χ1v) is 3.67. The van der Waals surface area contributed by atoms with Crippen molar-refractivity contribution < 1.29 is 10.1 Å². The van der Waals surface area contributed by atoms with Crippen molar-refractivity contribution in [3.63, 3.8) is 0 Å². The van der Waals surface area contributed by atoms with Gasteiger partial charge in [0, 0.05) is 12.1 Å². The zero-order valence-electron chi connectivity index (χ0n) is 6.60. The molecule has 0 atom stereocenters. The molecule has 0 aliphatic carbocycles. The molecule has 1 aliphatic heterocycles. The van der Waals surface area contributed by atoms with Gasteiger partial charge in [0.15, 0.2) is 0 Å². The van der Waals surface area contributed by atoms with Crippen molar-refractivity contribution in [2.24, 2.45) is 0 Å². The first-order chi connectivity index (χ1) is 6.18. The van der Waals surface area contributed by atoms with E-state index >= 15 is 0 Å². The van der Waals surface area contributed by atoms with Crippen LogP contribution in [0.2, 0.25) is 0 Å². The number of nitrogens with one attached hydrogen (secondary N) is 1. The molecule has 0 bridgehead atoms. The molecule has 0 amide bonds. The molecule has 0 saturated carbocycles. The maximum absolute atomic E-state index is 10.4. The monoisotopic (exact) mass is 181 g/mol. The Labute approximate surface area is 73.5 Å². The zero-order valence-corrected chi connectivity index (χ0v) is 6.60. The fourth-order valence-corrected chi connectivity index (χ4v) is 1.24. The summed E-state index contributed by atoms with van der Waals surface area (Å²) in [5.74, 6) is 0. The van der Waals surface area contributed by atoms with Gasteiger partial charge in [-0.1, -0.05) is 0 Å². The van der Waals surface area contributed by atoms with Crippen LogP contribution in [-0.4, -0.2) is 16.8 Å². The molecule has 1 aliphatic rings. The molecule has 0 saturated heterocycles. The molecule has 1 heterocycles. The maximum Gasteiger partial charge on any atom is 0.271 e. The van der Waals surface area contributed by atoms with Crippen molar-refractivity contribution in [1.29, 1.82) is 0 Å². The molecule has 1 aromatic carbocycles.